The predicted octanol–water partition coefficient (Wildman–Crippen LogP) is 6.10. The van der Waals surface area contributed by atoms with Gasteiger partial charge in [0.15, 0.2) is 0 Å². The number of sulfonamides is 1. The van der Waals surface area contributed by atoms with Crippen LogP contribution in [0.4, 0.5) is 5.69 Å². The molecular formula is C32H39Cl2N3O5S. The Labute approximate surface area is 265 Å². The number of carbonyl (C=O) groups excluding carboxylic acids is 2. The van der Waals surface area contributed by atoms with E-state index in [9.17, 15) is 18.0 Å². The third-order valence-electron chi connectivity index (χ3n) is 7.17. The number of hydrogen-bond acceptors (Lipinski definition) is 5. The SMILES string of the molecule is CC[C@H](C)NC(=O)[C@H](Cc1ccccc1)N(Cc1c(Cl)cccc1Cl)C(=O)CCCN(c1ccccc1OC)S(C)(=O)=O. The van der Waals surface area contributed by atoms with Crippen molar-refractivity contribution >= 4 is 50.7 Å². The number of rotatable bonds is 15. The van der Waals surface area contributed by atoms with Gasteiger partial charge in [0, 0.05) is 47.6 Å². The highest BCUT2D eigenvalue weighted by Crippen LogP contribution is 2.31. The monoisotopic (exact) mass is 647 g/mol. The highest BCUT2D eigenvalue weighted by atomic mass is 35.5. The standard InChI is InChI=1S/C32H39Cl2N3O5S/c1-5-23(2)35-32(39)29(21-24-13-7-6-8-14-24)36(22-25-26(33)15-11-16-27(25)34)31(38)19-12-20-37(43(4,40)41)28-17-9-10-18-30(28)42-3/h6-11,13-18,23,29H,5,12,19-22H2,1-4H3,(H,35,39)/t23-,29-/m0/s1. The Kier molecular flexibility index (Phi) is 12.7. The molecule has 2 atom stereocenters. The van der Waals surface area contributed by atoms with Crippen LogP contribution < -0.4 is 14.4 Å². The Morgan fingerprint density at radius 2 is 1.58 bits per heavy atom. The lowest BCUT2D eigenvalue weighted by Crippen LogP contribution is -2.52. The van der Waals surface area contributed by atoms with Crippen molar-refractivity contribution in [2.45, 2.75) is 58.2 Å². The van der Waals surface area contributed by atoms with E-state index >= 15 is 0 Å². The van der Waals surface area contributed by atoms with E-state index in [0.717, 1.165) is 18.2 Å². The summed E-state index contributed by atoms with van der Waals surface area (Å²) in [6.45, 7) is 3.92. The third-order valence-corrected chi connectivity index (χ3v) is 9.06. The second kappa shape index (κ2) is 16.0. The summed E-state index contributed by atoms with van der Waals surface area (Å²) in [4.78, 5) is 29.2. The molecule has 0 bridgehead atoms. The minimum Gasteiger partial charge on any atom is -0.495 e. The fourth-order valence-corrected chi connectivity index (χ4v) is 6.15. The number of hydrogen-bond donors (Lipinski definition) is 1. The van der Waals surface area contributed by atoms with E-state index in [2.05, 4.69) is 5.32 Å². The molecule has 0 aliphatic carbocycles. The Morgan fingerprint density at radius 1 is 0.953 bits per heavy atom. The summed E-state index contributed by atoms with van der Waals surface area (Å²) < 4.78 is 32.1. The van der Waals surface area contributed by atoms with E-state index in [1.807, 2.05) is 44.2 Å². The number of benzene rings is 3. The van der Waals surface area contributed by atoms with Gasteiger partial charge in [-0.15, -0.1) is 0 Å². The zero-order valence-corrected chi connectivity index (χ0v) is 27.3. The zero-order valence-electron chi connectivity index (χ0n) is 24.9. The van der Waals surface area contributed by atoms with Gasteiger partial charge in [0.25, 0.3) is 0 Å². The molecule has 3 aromatic rings. The minimum absolute atomic E-state index is 0.00502. The normalized spacial score (nSPS) is 12.7. The lowest BCUT2D eigenvalue weighted by Gasteiger charge is -2.33. The van der Waals surface area contributed by atoms with Crippen LogP contribution in [0.25, 0.3) is 0 Å². The number of carbonyl (C=O) groups is 2. The van der Waals surface area contributed by atoms with Crippen LogP contribution in [-0.2, 0) is 32.6 Å². The maximum atomic E-state index is 14.0. The summed E-state index contributed by atoms with van der Waals surface area (Å²) in [6, 6.07) is 20.4. The second-order valence-corrected chi connectivity index (χ2v) is 13.1. The van der Waals surface area contributed by atoms with Crippen LogP contribution in [0.1, 0.15) is 44.2 Å². The number of halogens is 2. The lowest BCUT2D eigenvalue weighted by molar-refractivity contribution is -0.141. The molecule has 3 aromatic carbocycles. The molecule has 11 heteroatoms. The van der Waals surface area contributed by atoms with Crippen molar-refractivity contribution in [3.63, 3.8) is 0 Å². The molecule has 0 spiro atoms. The Hall–Kier alpha value is -3.27. The van der Waals surface area contributed by atoms with Crippen LogP contribution in [0.3, 0.4) is 0 Å². The van der Waals surface area contributed by atoms with Gasteiger partial charge in [-0.2, -0.15) is 0 Å². The first kappa shape index (κ1) is 34.2. The first-order valence-electron chi connectivity index (χ1n) is 14.1. The van der Waals surface area contributed by atoms with E-state index in [1.165, 1.54) is 16.3 Å². The number of methoxy groups -OCH3 is 1. The number of amides is 2. The zero-order chi connectivity index (χ0) is 31.6. The predicted molar refractivity (Wildman–Crippen MR) is 173 cm³/mol. The summed E-state index contributed by atoms with van der Waals surface area (Å²) in [6.07, 6.45) is 2.28. The van der Waals surface area contributed by atoms with Crippen molar-refractivity contribution in [3.8, 4) is 5.75 Å². The molecule has 0 aromatic heterocycles. The van der Waals surface area contributed by atoms with Crippen molar-refractivity contribution in [2.75, 3.05) is 24.2 Å². The van der Waals surface area contributed by atoms with Gasteiger partial charge in [-0.3, -0.25) is 13.9 Å². The van der Waals surface area contributed by atoms with Crippen molar-refractivity contribution in [2.24, 2.45) is 0 Å². The lowest BCUT2D eigenvalue weighted by atomic mass is 10.0. The maximum Gasteiger partial charge on any atom is 0.243 e. The number of para-hydroxylation sites is 2. The topological polar surface area (TPSA) is 96.0 Å². The fourth-order valence-electron chi connectivity index (χ4n) is 4.67. The number of nitrogens with zero attached hydrogens (tertiary/aromatic N) is 2. The molecule has 0 saturated heterocycles. The maximum absolute atomic E-state index is 14.0. The summed E-state index contributed by atoms with van der Waals surface area (Å²) in [5.41, 5.74) is 1.80. The van der Waals surface area contributed by atoms with Crippen molar-refractivity contribution in [1.82, 2.24) is 10.2 Å². The molecule has 0 fully saturated rings. The smallest absolute Gasteiger partial charge is 0.243 e. The van der Waals surface area contributed by atoms with Crippen molar-refractivity contribution in [3.05, 3.63) is 94.0 Å². The van der Waals surface area contributed by atoms with Crippen LogP contribution >= 0.6 is 23.2 Å². The Bertz CT molecular complexity index is 1470. The molecule has 3 rings (SSSR count). The molecule has 0 saturated carbocycles. The van der Waals surface area contributed by atoms with Crippen LogP contribution in [0.15, 0.2) is 72.8 Å². The summed E-state index contributed by atoms with van der Waals surface area (Å²) in [5.74, 6) is -0.218. The number of nitrogens with one attached hydrogen (secondary N) is 1. The van der Waals surface area contributed by atoms with Crippen molar-refractivity contribution in [1.29, 1.82) is 0 Å². The first-order valence-corrected chi connectivity index (χ1v) is 16.7. The van der Waals surface area contributed by atoms with Gasteiger partial charge in [-0.1, -0.05) is 78.7 Å². The van der Waals surface area contributed by atoms with Gasteiger partial charge in [0.1, 0.15) is 11.8 Å². The molecule has 8 nitrogen and oxygen atoms in total. The highest BCUT2D eigenvalue weighted by Gasteiger charge is 2.32. The second-order valence-electron chi connectivity index (χ2n) is 10.4. The van der Waals surface area contributed by atoms with E-state index < -0.39 is 16.1 Å². The molecule has 0 heterocycles. The molecule has 0 aliphatic rings. The van der Waals surface area contributed by atoms with Gasteiger partial charge in [0.05, 0.1) is 19.1 Å². The average Bonchev–Trinajstić information content (AvgIpc) is 2.98. The molecule has 1 N–H and O–H groups in total. The minimum atomic E-state index is -3.69. The van der Waals surface area contributed by atoms with Crippen LogP contribution in [0, 0.1) is 0 Å². The molecule has 0 unspecified atom stereocenters. The van der Waals surface area contributed by atoms with Crippen LogP contribution in [0.5, 0.6) is 5.75 Å². The number of anilines is 1. The molecule has 2 amide bonds. The van der Waals surface area contributed by atoms with E-state index in [0.29, 0.717) is 27.0 Å². The van der Waals surface area contributed by atoms with Crippen molar-refractivity contribution < 1.29 is 22.7 Å². The molecule has 232 valence electrons. The number of ether oxygens (including phenoxy) is 1. The van der Waals surface area contributed by atoms with Crippen LogP contribution in [-0.4, -0.2) is 57.1 Å². The Morgan fingerprint density at radius 3 is 2.19 bits per heavy atom. The van der Waals surface area contributed by atoms with Gasteiger partial charge in [0.2, 0.25) is 21.8 Å². The van der Waals surface area contributed by atoms with Gasteiger partial charge >= 0.3 is 0 Å². The fraction of sp³-hybridized carbons (Fsp3) is 0.375. The highest BCUT2D eigenvalue weighted by molar-refractivity contribution is 7.92. The average molecular weight is 649 g/mol. The Balaban J connectivity index is 1.95. The van der Waals surface area contributed by atoms with E-state index in [4.69, 9.17) is 27.9 Å². The summed E-state index contributed by atoms with van der Waals surface area (Å²) in [5, 5.41) is 3.79. The van der Waals surface area contributed by atoms with Crippen LogP contribution in [0.2, 0.25) is 10.0 Å². The van der Waals surface area contributed by atoms with E-state index in [-0.39, 0.29) is 50.2 Å². The quantitative estimate of drug-likeness (QED) is 0.215. The molecule has 0 aliphatic heterocycles. The van der Waals surface area contributed by atoms with Gasteiger partial charge in [-0.05, 0) is 49.6 Å². The van der Waals surface area contributed by atoms with Gasteiger partial charge < -0.3 is 15.0 Å². The summed E-state index contributed by atoms with van der Waals surface area (Å²) in [7, 11) is -2.22. The van der Waals surface area contributed by atoms with E-state index in [1.54, 1.807) is 42.5 Å². The molecule has 43 heavy (non-hydrogen) atoms. The molecule has 0 radical (unpaired) electrons. The first-order chi connectivity index (χ1) is 20.5. The largest absolute Gasteiger partial charge is 0.495 e. The van der Waals surface area contributed by atoms with Gasteiger partial charge in [-0.25, -0.2) is 8.42 Å². The molecular weight excluding hydrogens is 609 g/mol. The summed E-state index contributed by atoms with van der Waals surface area (Å²) >= 11 is 13.0. The third kappa shape index (κ3) is 9.61.